The van der Waals surface area contributed by atoms with Gasteiger partial charge >= 0.3 is 0 Å². The van der Waals surface area contributed by atoms with E-state index in [1.807, 2.05) is 29.2 Å². The van der Waals surface area contributed by atoms with Crippen molar-refractivity contribution in [2.75, 3.05) is 4.90 Å². The topological polar surface area (TPSA) is 53.1 Å². The molecular weight excluding hydrogens is 342 g/mol. The van der Waals surface area contributed by atoms with E-state index in [2.05, 4.69) is 63.2 Å². The Morgan fingerprint density at radius 1 is 0.923 bits per heavy atom. The van der Waals surface area contributed by atoms with Crippen LogP contribution in [0.2, 0.25) is 0 Å². The summed E-state index contributed by atoms with van der Waals surface area (Å²) in [5.41, 5.74) is 9.45. The molecule has 0 aliphatic rings. The normalized spacial score (nSPS) is 11.0. The van der Waals surface area contributed by atoms with E-state index in [1.54, 1.807) is 0 Å². The zero-order valence-electron chi connectivity index (χ0n) is 15.5. The van der Waals surface area contributed by atoms with E-state index in [-0.39, 0.29) is 23.8 Å². The van der Waals surface area contributed by atoms with Crippen molar-refractivity contribution in [3.63, 3.8) is 0 Å². The van der Waals surface area contributed by atoms with E-state index in [1.165, 1.54) is 5.56 Å². The van der Waals surface area contributed by atoms with E-state index in [9.17, 15) is 0 Å². The number of nitrogens with one attached hydrogen (secondary N) is 1. The molecular formula is C22H26ClN3. The Morgan fingerprint density at radius 3 is 2.15 bits per heavy atom. The van der Waals surface area contributed by atoms with E-state index in [0.29, 0.717) is 6.54 Å². The van der Waals surface area contributed by atoms with Crippen molar-refractivity contribution in [1.82, 2.24) is 0 Å². The van der Waals surface area contributed by atoms with Crippen LogP contribution >= 0.6 is 12.4 Å². The lowest BCUT2D eigenvalue weighted by molar-refractivity contribution is 0.590. The Labute approximate surface area is 161 Å². The van der Waals surface area contributed by atoms with Gasteiger partial charge in [0.1, 0.15) is 0 Å². The summed E-state index contributed by atoms with van der Waals surface area (Å²) in [4.78, 5) is 1.86. The van der Waals surface area contributed by atoms with Crippen LogP contribution < -0.4 is 10.6 Å². The molecule has 0 atom stereocenters. The van der Waals surface area contributed by atoms with E-state index >= 15 is 0 Å². The molecule has 0 spiro atoms. The van der Waals surface area contributed by atoms with Gasteiger partial charge in [0.2, 0.25) is 0 Å². The zero-order chi connectivity index (χ0) is 18.0. The predicted molar refractivity (Wildman–Crippen MR) is 114 cm³/mol. The van der Waals surface area contributed by atoms with Crippen LogP contribution in [0.5, 0.6) is 0 Å². The lowest BCUT2D eigenvalue weighted by Gasteiger charge is -2.25. The number of hydrogen-bond donors (Lipinski definition) is 2. The van der Waals surface area contributed by atoms with Gasteiger partial charge in [-0.1, -0.05) is 81.4 Å². The molecule has 0 unspecified atom stereocenters. The second-order valence-electron chi connectivity index (χ2n) is 7.42. The first kappa shape index (κ1) is 19.8. The summed E-state index contributed by atoms with van der Waals surface area (Å²) in [6, 6.07) is 22.9. The predicted octanol–water partition coefficient (Wildman–Crippen LogP) is 5.46. The SMILES string of the molecule is CC(C)(C)c1ccc(CN(C(=N)N)c2cccc3ccccc23)cc1.Cl. The van der Waals surface area contributed by atoms with Crippen molar-refractivity contribution in [2.24, 2.45) is 5.73 Å². The number of anilines is 1. The number of rotatable bonds is 3. The van der Waals surface area contributed by atoms with Gasteiger partial charge in [-0.25, -0.2) is 0 Å². The Morgan fingerprint density at radius 2 is 1.54 bits per heavy atom. The molecule has 0 saturated heterocycles. The summed E-state index contributed by atoms with van der Waals surface area (Å²) in [6.07, 6.45) is 0. The Hall–Kier alpha value is -2.52. The van der Waals surface area contributed by atoms with Crippen molar-refractivity contribution in [3.05, 3.63) is 77.9 Å². The number of nitrogens with zero attached hydrogens (tertiary/aromatic N) is 1. The first-order chi connectivity index (χ1) is 11.9. The Bertz CT molecular complexity index is 890. The largest absolute Gasteiger partial charge is 0.370 e. The number of halogens is 1. The van der Waals surface area contributed by atoms with Crippen LogP contribution in [0.3, 0.4) is 0 Å². The van der Waals surface area contributed by atoms with E-state index in [4.69, 9.17) is 11.1 Å². The molecule has 0 aliphatic heterocycles. The molecule has 3 rings (SSSR count). The van der Waals surface area contributed by atoms with Crippen LogP contribution in [-0.2, 0) is 12.0 Å². The number of benzene rings is 3. The summed E-state index contributed by atoms with van der Waals surface area (Å²) in [7, 11) is 0. The van der Waals surface area contributed by atoms with Gasteiger partial charge in [-0.2, -0.15) is 0 Å². The maximum absolute atomic E-state index is 8.06. The summed E-state index contributed by atoms with van der Waals surface area (Å²) in [5, 5.41) is 10.3. The minimum atomic E-state index is 0. The molecule has 0 amide bonds. The van der Waals surface area contributed by atoms with Crippen LogP contribution in [-0.4, -0.2) is 5.96 Å². The van der Waals surface area contributed by atoms with Gasteiger partial charge in [0.05, 0.1) is 12.2 Å². The second-order valence-corrected chi connectivity index (χ2v) is 7.42. The van der Waals surface area contributed by atoms with Gasteiger partial charge in [0.15, 0.2) is 5.96 Å². The minimum absolute atomic E-state index is 0. The van der Waals surface area contributed by atoms with Crippen LogP contribution in [0.4, 0.5) is 5.69 Å². The summed E-state index contributed by atoms with van der Waals surface area (Å²) in [5.74, 6) is 0.0521. The van der Waals surface area contributed by atoms with E-state index in [0.717, 1.165) is 22.0 Å². The van der Waals surface area contributed by atoms with Crippen molar-refractivity contribution in [1.29, 1.82) is 5.41 Å². The molecule has 0 bridgehead atoms. The molecule has 0 heterocycles. The van der Waals surface area contributed by atoms with Crippen molar-refractivity contribution < 1.29 is 0 Å². The molecule has 3 nitrogen and oxygen atoms in total. The molecule has 0 aliphatic carbocycles. The average molecular weight is 368 g/mol. The van der Waals surface area contributed by atoms with Gasteiger partial charge in [-0.15, -0.1) is 12.4 Å². The highest BCUT2D eigenvalue weighted by atomic mass is 35.5. The molecule has 3 aromatic carbocycles. The van der Waals surface area contributed by atoms with Crippen LogP contribution in [0, 0.1) is 5.41 Å². The van der Waals surface area contributed by atoms with Gasteiger partial charge in [-0.3, -0.25) is 5.41 Å². The third-order valence-corrected chi connectivity index (χ3v) is 4.51. The number of guanidine groups is 1. The monoisotopic (exact) mass is 367 g/mol. The highest BCUT2D eigenvalue weighted by Gasteiger charge is 2.16. The van der Waals surface area contributed by atoms with Crippen molar-refractivity contribution in [3.8, 4) is 0 Å². The molecule has 3 aromatic rings. The summed E-state index contributed by atoms with van der Waals surface area (Å²) >= 11 is 0. The van der Waals surface area contributed by atoms with Crippen LogP contribution in [0.1, 0.15) is 31.9 Å². The smallest absolute Gasteiger partial charge is 0.193 e. The van der Waals surface area contributed by atoms with Gasteiger partial charge < -0.3 is 10.6 Å². The third-order valence-electron chi connectivity index (χ3n) is 4.51. The molecule has 0 radical (unpaired) electrons. The third kappa shape index (κ3) is 4.17. The maximum Gasteiger partial charge on any atom is 0.193 e. The van der Waals surface area contributed by atoms with Gasteiger partial charge in [-0.05, 0) is 28.0 Å². The Kier molecular flexibility index (Phi) is 5.94. The molecule has 3 N–H and O–H groups in total. The van der Waals surface area contributed by atoms with Gasteiger partial charge in [0.25, 0.3) is 0 Å². The molecule has 26 heavy (non-hydrogen) atoms. The lowest BCUT2D eigenvalue weighted by Crippen LogP contribution is -2.36. The zero-order valence-corrected chi connectivity index (χ0v) is 16.3. The first-order valence-electron chi connectivity index (χ1n) is 8.55. The van der Waals surface area contributed by atoms with Crippen molar-refractivity contribution in [2.45, 2.75) is 32.7 Å². The quantitative estimate of drug-likeness (QED) is 0.477. The second kappa shape index (κ2) is 7.79. The maximum atomic E-state index is 8.06. The van der Waals surface area contributed by atoms with Crippen LogP contribution in [0.15, 0.2) is 66.7 Å². The molecule has 4 heteroatoms. The minimum Gasteiger partial charge on any atom is -0.370 e. The number of nitrogens with two attached hydrogens (primary N) is 1. The van der Waals surface area contributed by atoms with E-state index < -0.39 is 0 Å². The first-order valence-corrected chi connectivity index (χ1v) is 8.55. The fourth-order valence-electron chi connectivity index (χ4n) is 3.04. The molecule has 0 aromatic heterocycles. The highest BCUT2D eigenvalue weighted by molar-refractivity contribution is 6.03. The number of fused-ring (bicyclic) bond motifs is 1. The molecule has 136 valence electrons. The summed E-state index contributed by atoms with van der Waals surface area (Å²) in [6.45, 7) is 7.20. The fourth-order valence-corrected chi connectivity index (χ4v) is 3.04. The molecule has 0 saturated carbocycles. The number of hydrogen-bond acceptors (Lipinski definition) is 1. The average Bonchev–Trinajstić information content (AvgIpc) is 2.59. The Balaban J connectivity index is 0.00000243. The van der Waals surface area contributed by atoms with Crippen LogP contribution in [0.25, 0.3) is 10.8 Å². The summed E-state index contributed by atoms with van der Waals surface area (Å²) < 4.78 is 0. The van der Waals surface area contributed by atoms with Crippen molar-refractivity contribution >= 4 is 34.8 Å². The fraction of sp³-hybridized carbons (Fsp3) is 0.227. The lowest BCUT2D eigenvalue weighted by atomic mass is 9.87. The molecule has 0 fully saturated rings. The highest BCUT2D eigenvalue weighted by Crippen LogP contribution is 2.28. The van der Waals surface area contributed by atoms with Gasteiger partial charge in [0, 0.05) is 5.39 Å². The standard InChI is InChI=1S/C22H25N3.ClH/c1-22(2,3)18-13-11-16(12-14-18)15-25(21(23)24)20-10-6-8-17-7-4-5-9-19(17)20;/h4-14H,15H2,1-3H3,(H3,23,24);1H.